The van der Waals surface area contributed by atoms with Crippen molar-refractivity contribution in [1.29, 1.82) is 0 Å². The third-order valence-electron chi connectivity index (χ3n) is 2.32. The quantitative estimate of drug-likeness (QED) is 0.711. The van der Waals surface area contributed by atoms with Gasteiger partial charge in [-0.15, -0.1) is 21.5 Å². The van der Waals surface area contributed by atoms with Crippen LogP contribution in [0.2, 0.25) is 0 Å². The van der Waals surface area contributed by atoms with E-state index >= 15 is 0 Å². The molecule has 0 bridgehead atoms. The van der Waals surface area contributed by atoms with Gasteiger partial charge in [0.05, 0.1) is 0 Å². The summed E-state index contributed by atoms with van der Waals surface area (Å²) < 4.78 is 0. The van der Waals surface area contributed by atoms with Crippen LogP contribution in [-0.2, 0) is 12.8 Å². The SMILES string of the molecule is CCCCc1nnc(CCNCC(C)C)s1. The number of rotatable bonds is 8. The lowest BCUT2D eigenvalue weighted by Gasteiger charge is -2.05. The Morgan fingerprint density at radius 1 is 1.19 bits per heavy atom. The zero-order chi connectivity index (χ0) is 11.8. The Balaban J connectivity index is 2.19. The molecule has 1 N–H and O–H groups in total. The van der Waals surface area contributed by atoms with Gasteiger partial charge in [0.15, 0.2) is 0 Å². The Morgan fingerprint density at radius 3 is 2.50 bits per heavy atom. The molecule has 0 aliphatic carbocycles. The number of aryl methyl sites for hydroxylation is 1. The zero-order valence-electron chi connectivity index (χ0n) is 10.6. The lowest BCUT2D eigenvalue weighted by molar-refractivity contribution is 0.553. The molecule has 1 rings (SSSR count). The van der Waals surface area contributed by atoms with Crippen LogP contribution in [0.3, 0.4) is 0 Å². The van der Waals surface area contributed by atoms with Gasteiger partial charge in [-0.3, -0.25) is 0 Å². The van der Waals surface area contributed by atoms with Gasteiger partial charge in [0.2, 0.25) is 0 Å². The molecule has 3 nitrogen and oxygen atoms in total. The molecular weight excluding hydrogens is 218 g/mol. The Morgan fingerprint density at radius 2 is 1.88 bits per heavy atom. The van der Waals surface area contributed by atoms with Crippen LogP contribution in [0.4, 0.5) is 0 Å². The standard InChI is InChI=1S/C12H23N3S/c1-4-5-6-11-14-15-12(16-11)7-8-13-9-10(2)3/h10,13H,4-9H2,1-3H3. The van der Waals surface area contributed by atoms with Crippen molar-refractivity contribution in [3.63, 3.8) is 0 Å². The summed E-state index contributed by atoms with van der Waals surface area (Å²) in [6.45, 7) is 8.75. The topological polar surface area (TPSA) is 37.8 Å². The zero-order valence-corrected chi connectivity index (χ0v) is 11.4. The van der Waals surface area contributed by atoms with Gasteiger partial charge in [-0.05, 0) is 18.9 Å². The van der Waals surface area contributed by atoms with Crippen molar-refractivity contribution < 1.29 is 0 Å². The third-order valence-corrected chi connectivity index (χ3v) is 3.36. The lowest BCUT2D eigenvalue weighted by Crippen LogP contribution is -2.22. The van der Waals surface area contributed by atoms with E-state index in [9.17, 15) is 0 Å². The summed E-state index contributed by atoms with van der Waals surface area (Å²) >= 11 is 1.77. The minimum atomic E-state index is 0.717. The van der Waals surface area contributed by atoms with E-state index in [0.717, 1.165) is 31.8 Å². The maximum atomic E-state index is 4.21. The Bertz CT molecular complexity index is 284. The van der Waals surface area contributed by atoms with E-state index in [1.165, 1.54) is 22.9 Å². The van der Waals surface area contributed by atoms with Gasteiger partial charge < -0.3 is 5.32 Å². The van der Waals surface area contributed by atoms with Gasteiger partial charge >= 0.3 is 0 Å². The van der Waals surface area contributed by atoms with E-state index in [-0.39, 0.29) is 0 Å². The molecule has 4 heteroatoms. The summed E-state index contributed by atoms with van der Waals surface area (Å²) in [6, 6.07) is 0. The molecule has 0 aromatic carbocycles. The number of nitrogens with zero attached hydrogens (tertiary/aromatic N) is 2. The van der Waals surface area contributed by atoms with Gasteiger partial charge in [0.1, 0.15) is 10.0 Å². The van der Waals surface area contributed by atoms with Crippen molar-refractivity contribution in [2.75, 3.05) is 13.1 Å². The highest BCUT2D eigenvalue weighted by Crippen LogP contribution is 2.12. The maximum absolute atomic E-state index is 4.21. The Labute approximate surface area is 103 Å². The molecule has 0 saturated carbocycles. The highest BCUT2D eigenvalue weighted by Gasteiger charge is 2.03. The van der Waals surface area contributed by atoms with Gasteiger partial charge in [-0.25, -0.2) is 0 Å². The lowest BCUT2D eigenvalue weighted by atomic mass is 10.2. The molecule has 0 radical (unpaired) electrons. The highest BCUT2D eigenvalue weighted by atomic mass is 32.1. The average Bonchev–Trinajstić information content (AvgIpc) is 2.69. The van der Waals surface area contributed by atoms with E-state index in [2.05, 4.69) is 36.3 Å². The van der Waals surface area contributed by atoms with Crippen molar-refractivity contribution in [2.24, 2.45) is 5.92 Å². The first-order valence-corrected chi connectivity index (χ1v) is 7.06. The predicted octanol–water partition coefficient (Wildman–Crippen LogP) is 2.67. The van der Waals surface area contributed by atoms with Crippen LogP contribution in [0.5, 0.6) is 0 Å². The van der Waals surface area contributed by atoms with E-state index in [1.807, 2.05) is 0 Å². The van der Waals surface area contributed by atoms with Crippen LogP contribution in [0, 0.1) is 5.92 Å². The average molecular weight is 241 g/mol. The number of aromatic nitrogens is 2. The second-order valence-corrected chi connectivity index (χ2v) is 5.69. The molecule has 0 aliphatic heterocycles. The van der Waals surface area contributed by atoms with Gasteiger partial charge in [-0.1, -0.05) is 27.2 Å². The molecule has 0 saturated heterocycles. The largest absolute Gasteiger partial charge is 0.316 e. The van der Waals surface area contributed by atoms with Crippen molar-refractivity contribution in [3.05, 3.63) is 10.0 Å². The first kappa shape index (κ1) is 13.6. The van der Waals surface area contributed by atoms with Crippen molar-refractivity contribution in [1.82, 2.24) is 15.5 Å². The third kappa shape index (κ3) is 5.56. The number of unbranched alkanes of at least 4 members (excludes halogenated alkanes) is 1. The van der Waals surface area contributed by atoms with Crippen molar-refractivity contribution >= 4 is 11.3 Å². The van der Waals surface area contributed by atoms with Crippen LogP contribution >= 0.6 is 11.3 Å². The van der Waals surface area contributed by atoms with Gasteiger partial charge in [-0.2, -0.15) is 0 Å². The van der Waals surface area contributed by atoms with E-state index in [4.69, 9.17) is 0 Å². The molecule has 92 valence electrons. The second kappa shape index (κ2) is 7.74. The van der Waals surface area contributed by atoms with Crippen LogP contribution in [0.25, 0.3) is 0 Å². The molecule has 16 heavy (non-hydrogen) atoms. The summed E-state index contributed by atoms with van der Waals surface area (Å²) in [5.74, 6) is 0.717. The summed E-state index contributed by atoms with van der Waals surface area (Å²) in [5.41, 5.74) is 0. The number of nitrogens with one attached hydrogen (secondary N) is 1. The summed E-state index contributed by atoms with van der Waals surface area (Å²) in [6.07, 6.45) is 4.55. The molecule has 0 unspecified atom stereocenters. The predicted molar refractivity (Wildman–Crippen MR) is 69.9 cm³/mol. The molecule has 0 fully saturated rings. The fraction of sp³-hybridized carbons (Fsp3) is 0.833. The van der Waals surface area contributed by atoms with E-state index in [1.54, 1.807) is 11.3 Å². The number of hydrogen-bond acceptors (Lipinski definition) is 4. The molecule has 0 amide bonds. The Kier molecular flexibility index (Phi) is 6.57. The maximum Gasteiger partial charge on any atom is 0.118 e. The minimum Gasteiger partial charge on any atom is -0.316 e. The summed E-state index contributed by atoms with van der Waals surface area (Å²) in [7, 11) is 0. The fourth-order valence-electron chi connectivity index (χ4n) is 1.40. The summed E-state index contributed by atoms with van der Waals surface area (Å²) in [5, 5.41) is 14.2. The van der Waals surface area contributed by atoms with Crippen LogP contribution in [-0.4, -0.2) is 23.3 Å². The molecule has 0 spiro atoms. The van der Waals surface area contributed by atoms with Crippen molar-refractivity contribution in [2.45, 2.75) is 46.5 Å². The first-order chi connectivity index (χ1) is 7.72. The molecule has 0 atom stereocenters. The highest BCUT2D eigenvalue weighted by molar-refractivity contribution is 7.11. The van der Waals surface area contributed by atoms with Crippen molar-refractivity contribution in [3.8, 4) is 0 Å². The molecule has 1 aromatic rings. The molecule has 0 aliphatic rings. The van der Waals surface area contributed by atoms with Gasteiger partial charge in [0, 0.05) is 19.4 Å². The summed E-state index contributed by atoms with van der Waals surface area (Å²) in [4.78, 5) is 0. The van der Waals surface area contributed by atoms with E-state index in [0.29, 0.717) is 0 Å². The van der Waals surface area contributed by atoms with E-state index < -0.39 is 0 Å². The smallest absolute Gasteiger partial charge is 0.118 e. The minimum absolute atomic E-state index is 0.717. The van der Waals surface area contributed by atoms with Crippen LogP contribution in [0.1, 0.15) is 43.6 Å². The second-order valence-electron chi connectivity index (χ2n) is 4.54. The van der Waals surface area contributed by atoms with Gasteiger partial charge in [0.25, 0.3) is 0 Å². The normalized spacial score (nSPS) is 11.2. The Hall–Kier alpha value is -0.480. The van der Waals surface area contributed by atoms with Crippen LogP contribution in [0.15, 0.2) is 0 Å². The molecule has 1 aromatic heterocycles. The van der Waals surface area contributed by atoms with Crippen LogP contribution < -0.4 is 5.32 Å². The molecular formula is C12H23N3S. The monoisotopic (exact) mass is 241 g/mol. The number of hydrogen-bond donors (Lipinski definition) is 1. The fourth-order valence-corrected chi connectivity index (χ4v) is 2.29. The molecule has 1 heterocycles. The first-order valence-electron chi connectivity index (χ1n) is 6.24.